The fraction of sp³-hybridized carbons (Fsp3) is 1.00. The standard InChI is InChI=1S/C8H14F2O/c1-7(6-11)3-2-4-8(9,10)5-7/h11H,2-6H2,1H3. The summed E-state index contributed by atoms with van der Waals surface area (Å²) in [7, 11) is 0. The van der Waals surface area contributed by atoms with E-state index in [9.17, 15) is 8.78 Å². The van der Waals surface area contributed by atoms with Crippen LogP contribution in [0.15, 0.2) is 0 Å². The molecule has 0 radical (unpaired) electrons. The zero-order chi connectivity index (χ0) is 8.54. The summed E-state index contributed by atoms with van der Waals surface area (Å²) in [5, 5.41) is 8.85. The summed E-state index contributed by atoms with van der Waals surface area (Å²) in [5.41, 5.74) is -0.540. The number of alkyl halides is 2. The lowest BCUT2D eigenvalue weighted by Crippen LogP contribution is -2.35. The molecule has 0 bridgehead atoms. The normalized spacial score (nSPS) is 37.1. The lowest BCUT2D eigenvalue weighted by Gasteiger charge is -2.36. The minimum atomic E-state index is -2.55. The maximum absolute atomic E-state index is 12.8. The van der Waals surface area contributed by atoms with Crippen LogP contribution >= 0.6 is 0 Å². The molecule has 0 saturated heterocycles. The zero-order valence-corrected chi connectivity index (χ0v) is 6.74. The summed E-state index contributed by atoms with van der Waals surface area (Å²) >= 11 is 0. The van der Waals surface area contributed by atoms with Gasteiger partial charge in [-0.15, -0.1) is 0 Å². The van der Waals surface area contributed by atoms with Crippen LogP contribution in [0.4, 0.5) is 8.78 Å². The predicted molar refractivity (Wildman–Crippen MR) is 38.6 cm³/mol. The van der Waals surface area contributed by atoms with Crippen molar-refractivity contribution in [3.63, 3.8) is 0 Å². The highest BCUT2D eigenvalue weighted by molar-refractivity contribution is 4.86. The fourth-order valence-corrected chi connectivity index (χ4v) is 1.71. The molecule has 1 unspecified atom stereocenters. The SMILES string of the molecule is CC1(CO)CCCC(F)(F)C1. The quantitative estimate of drug-likeness (QED) is 0.629. The van der Waals surface area contributed by atoms with Crippen LogP contribution in [-0.2, 0) is 0 Å². The Balaban J connectivity index is 2.59. The Bertz CT molecular complexity index is 147. The van der Waals surface area contributed by atoms with Gasteiger partial charge >= 0.3 is 0 Å². The Hall–Kier alpha value is -0.180. The molecular formula is C8H14F2O. The second-order valence-electron chi connectivity index (χ2n) is 3.86. The van der Waals surface area contributed by atoms with Gasteiger partial charge in [-0.1, -0.05) is 6.92 Å². The molecule has 1 N–H and O–H groups in total. The zero-order valence-electron chi connectivity index (χ0n) is 6.74. The van der Waals surface area contributed by atoms with Gasteiger partial charge in [-0.2, -0.15) is 0 Å². The first kappa shape index (κ1) is 8.91. The lowest BCUT2D eigenvalue weighted by atomic mass is 9.75. The van der Waals surface area contributed by atoms with Crippen LogP contribution in [0.2, 0.25) is 0 Å². The third-order valence-electron chi connectivity index (χ3n) is 2.39. The molecule has 0 heterocycles. The van der Waals surface area contributed by atoms with Gasteiger partial charge in [-0.25, -0.2) is 8.78 Å². The number of aliphatic hydroxyl groups is 1. The molecule has 1 rings (SSSR count). The van der Waals surface area contributed by atoms with E-state index in [1.807, 2.05) is 0 Å². The first-order valence-electron chi connectivity index (χ1n) is 3.96. The average molecular weight is 164 g/mol. The summed E-state index contributed by atoms with van der Waals surface area (Å²) in [6, 6.07) is 0. The van der Waals surface area contributed by atoms with E-state index >= 15 is 0 Å². The van der Waals surface area contributed by atoms with Gasteiger partial charge in [-0.3, -0.25) is 0 Å². The molecule has 1 aliphatic carbocycles. The molecule has 1 aliphatic rings. The van der Waals surface area contributed by atoms with E-state index in [0.717, 1.165) is 6.42 Å². The van der Waals surface area contributed by atoms with Crippen molar-refractivity contribution in [2.24, 2.45) is 5.41 Å². The van der Waals surface area contributed by atoms with Gasteiger partial charge in [0.25, 0.3) is 0 Å². The van der Waals surface area contributed by atoms with Crippen LogP contribution in [0.5, 0.6) is 0 Å². The fourth-order valence-electron chi connectivity index (χ4n) is 1.71. The number of hydrogen-bond acceptors (Lipinski definition) is 1. The second kappa shape index (κ2) is 2.70. The topological polar surface area (TPSA) is 20.2 Å². The smallest absolute Gasteiger partial charge is 0.248 e. The van der Waals surface area contributed by atoms with Gasteiger partial charge in [0.1, 0.15) is 0 Å². The third kappa shape index (κ3) is 2.12. The molecule has 0 aromatic heterocycles. The van der Waals surface area contributed by atoms with Crippen LogP contribution in [0.3, 0.4) is 0 Å². The maximum atomic E-state index is 12.8. The minimum Gasteiger partial charge on any atom is -0.396 e. The molecule has 11 heavy (non-hydrogen) atoms. The summed E-state index contributed by atoms with van der Waals surface area (Å²) in [6.45, 7) is 1.60. The Kier molecular flexibility index (Phi) is 2.19. The van der Waals surface area contributed by atoms with E-state index in [4.69, 9.17) is 5.11 Å². The van der Waals surface area contributed by atoms with Crippen molar-refractivity contribution in [2.75, 3.05) is 6.61 Å². The van der Waals surface area contributed by atoms with Crippen molar-refractivity contribution < 1.29 is 13.9 Å². The van der Waals surface area contributed by atoms with Crippen molar-refractivity contribution in [2.45, 2.75) is 38.5 Å². The summed E-state index contributed by atoms with van der Waals surface area (Å²) in [5.74, 6) is -2.55. The number of rotatable bonds is 1. The Labute approximate surface area is 65.4 Å². The van der Waals surface area contributed by atoms with E-state index in [0.29, 0.717) is 6.42 Å². The molecule has 1 fully saturated rings. The second-order valence-corrected chi connectivity index (χ2v) is 3.86. The van der Waals surface area contributed by atoms with Gasteiger partial charge in [0, 0.05) is 19.4 Å². The van der Waals surface area contributed by atoms with E-state index in [1.165, 1.54) is 0 Å². The Morgan fingerprint density at radius 2 is 2.00 bits per heavy atom. The molecule has 0 amide bonds. The van der Waals surface area contributed by atoms with Gasteiger partial charge in [0.05, 0.1) is 0 Å². The van der Waals surface area contributed by atoms with Gasteiger partial charge in [-0.05, 0) is 18.3 Å². The van der Waals surface area contributed by atoms with Crippen LogP contribution in [-0.4, -0.2) is 17.6 Å². The largest absolute Gasteiger partial charge is 0.396 e. The van der Waals surface area contributed by atoms with E-state index < -0.39 is 11.3 Å². The van der Waals surface area contributed by atoms with Crippen molar-refractivity contribution in [3.8, 4) is 0 Å². The molecule has 1 nitrogen and oxygen atoms in total. The molecule has 0 aromatic rings. The first-order chi connectivity index (χ1) is 4.97. The number of halogens is 2. The van der Waals surface area contributed by atoms with Crippen LogP contribution in [0, 0.1) is 5.41 Å². The molecule has 3 heteroatoms. The van der Waals surface area contributed by atoms with Crippen molar-refractivity contribution in [1.82, 2.24) is 0 Å². The molecule has 0 aliphatic heterocycles. The minimum absolute atomic E-state index is 0.0113. The van der Waals surface area contributed by atoms with Crippen molar-refractivity contribution in [1.29, 1.82) is 0 Å². The first-order valence-corrected chi connectivity index (χ1v) is 3.96. The van der Waals surface area contributed by atoms with Gasteiger partial charge in [0.2, 0.25) is 5.92 Å². The van der Waals surface area contributed by atoms with Crippen molar-refractivity contribution >= 4 is 0 Å². The molecule has 0 aromatic carbocycles. The van der Waals surface area contributed by atoms with Crippen LogP contribution in [0.25, 0.3) is 0 Å². The lowest BCUT2D eigenvalue weighted by molar-refractivity contribution is -0.0903. The molecular weight excluding hydrogens is 150 g/mol. The number of aliphatic hydroxyl groups excluding tert-OH is 1. The molecule has 1 saturated carbocycles. The summed E-state index contributed by atoms with van der Waals surface area (Å²) < 4.78 is 25.6. The highest BCUT2D eigenvalue weighted by atomic mass is 19.3. The summed E-state index contributed by atoms with van der Waals surface area (Å²) in [6.07, 6.45) is 1.09. The van der Waals surface area contributed by atoms with E-state index in [1.54, 1.807) is 6.92 Å². The Morgan fingerprint density at radius 1 is 1.36 bits per heavy atom. The third-order valence-corrected chi connectivity index (χ3v) is 2.39. The van der Waals surface area contributed by atoms with Gasteiger partial charge < -0.3 is 5.11 Å². The van der Waals surface area contributed by atoms with Gasteiger partial charge in [0.15, 0.2) is 0 Å². The molecule has 1 atom stereocenters. The highest BCUT2D eigenvalue weighted by Gasteiger charge is 2.42. The van der Waals surface area contributed by atoms with E-state index in [-0.39, 0.29) is 19.4 Å². The van der Waals surface area contributed by atoms with Crippen molar-refractivity contribution in [3.05, 3.63) is 0 Å². The predicted octanol–water partition coefficient (Wildman–Crippen LogP) is 2.19. The molecule has 66 valence electrons. The Morgan fingerprint density at radius 3 is 2.36 bits per heavy atom. The highest BCUT2D eigenvalue weighted by Crippen LogP contribution is 2.43. The summed E-state index contributed by atoms with van der Waals surface area (Å²) in [4.78, 5) is 0. The van der Waals surface area contributed by atoms with Crippen LogP contribution in [0.1, 0.15) is 32.6 Å². The number of hydrogen-bond donors (Lipinski definition) is 1. The molecule has 0 spiro atoms. The monoisotopic (exact) mass is 164 g/mol. The van der Waals surface area contributed by atoms with E-state index in [2.05, 4.69) is 0 Å². The maximum Gasteiger partial charge on any atom is 0.248 e. The van der Waals surface area contributed by atoms with Crippen LogP contribution < -0.4 is 0 Å². The average Bonchev–Trinajstić information content (AvgIpc) is 1.85.